The Morgan fingerprint density at radius 2 is 1.71 bits per heavy atom. The van der Waals surface area contributed by atoms with Crippen molar-refractivity contribution in [2.75, 3.05) is 25.1 Å². The van der Waals surface area contributed by atoms with Gasteiger partial charge in [-0.1, -0.05) is 6.07 Å². The van der Waals surface area contributed by atoms with Gasteiger partial charge in [-0.3, -0.25) is 0 Å². The Balaban J connectivity index is 1.95. The van der Waals surface area contributed by atoms with E-state index in [0.29, 0.717) is 19.2 Å². The van der Waals surface area contributed by atoms with Gasteiger partial charge in [0.25, 0.3) is 0 Å². The van der Waals surface area contributed by atoms with E-state index < -0.39 is 0 Å². The van der Waals surface area contributed by atoms with Gasteiger partial charge in [-0.15, -0.1) is 0 Å². The minimum absolute atomic E-state index is 0.625. The van der Waals surface area contributed by atoms with Crippen molar-refractivity contribution in [2.45, 2.75) is 20.3 Å². The molecule has 1 heterocycles. The molecule has 1 N–H and O–H groups in total. The zero-order chi connectivity index (χ0) is 14.9. The molecule has 5 heteroatoms. The van der Waals surface area contributed by atoms with E-state index in [-0.39, 0.29) is 0 Å². The van der Waals surface area contributed by atoms with E-state index in [1.54, 1.807) is 18.5 Å². The lowest BCUT2D eigenvalue weighted by molar-refractivity contribution is 0.287. The van der Waals surface area contributed by atoms with Gasteiger partial charge in [0.05, 0.1) is 13.2 Å². The van der Waals surface area contributed by atoms with E-state index >= 15 is 0 Å². The molecule has 21 heavy (non-hydrogen) atoms. The van der Waals surface area contributed by atoms with Gasteiger partial charge < -0.3 is 14.8 Å². The normalized spacial score (nSPS) is 10.2. The lowest BCUT2D eigenvalue weighted by Gasteiger charge is -2.12. The fourth-order valence-corrected chi connectivity index (χ4v) is 1.96. The molecule has 1 aromatic heterocycles. The van der Waals surface area contributed by atoms with Crippen LogP contribution in [0.15, 0.2) is 36.7 Å². The lowest BCUT2D eigenvalue weighted by atomic mass is 10.1. The molecule has 2 rings (SSSR count). The highest BCUT2D eigenvalue weighted by atomic mass is 16.5. The third kappa shape index (κ3) is 4.63. The van der Waals surface area contributed by atoms with Gasteiger partial charge in [-0.25, -0.2) is 9.97 Å². The first-order chi connectivity index (χ1) is 10.3. The number of hydrogen-bond donors (Lipinski definition) is 1. The molecule has 0 aliphatic rings. The summed E-state index contributed by atoms with van der Waals surface area (Å²) in [5.74, 6) is 2.24. The number of anilines is 1. The van der Waals surface area contributed by atoms with Gasteiger partial charge in [0, 0.05) is 18.9 Å². The Hall–Kier alpha value is -2.30. The molecular formula is C16H21N3O2. The number of ether oxygens (including phenoxy) is 2. The quantitative estimate of drug-likeness (QED) is 0.809. The zero-order valence-electron chi connectivity index (χ0n) is 12.5. The predicted molar refractivity (Wildman–Crippen MR) is 83.0 cm³/mol. The van der Waals surface area contributed by atoms with Gasteiger partial charge in [0.15, 0.2) is 11.5 Å². The Morgan fingerprint density at radius 1 is 1.00 bits per heavy atom. The van der Waals surface area contributed by atoms with Crippen molar-refractivity contribution in [2.24, 2.45) is 0 Å². The Kier molecular flexibility index (Phi) is 5.82. The number of aromatic nitrogens is 2. The van der Waals surface area contributed by atoms with Crippen LogP contribution >= 0.6 is 0 Å². The van der Waals surface area contributed by atoms with Crippen LogP contribution in [-0.2, 0) is 6.42 Å². The van der Waals surface area contributed by atoms with Crippen LogP contribution in [0.3, 0.4) is 0 Å². The highest BCUT2D eigenvalue weighted by Crippen LogP contribution is 2.28. The summed E-state index contributed by atoms with van der Waals surface area (Å²) in [5.41, 5.74) is 1.19. The maximum Gasteiger partial charge on any atom is 0.222 e. The standard InChI is InChI=1S/C16H21N3O2/c1-3-20-14-7-6-13(12-15(14)21-4-2)8-11-19-16-17-9-5-10-18-16/h5-7,9-10,12H,3-4,8,11H2,1-2H3,(H,17,18,19). The monoisotopic (exact) mass is 287 g/mol. The molecule has 0 radical (unpaired) electrons. The molecule has 0 unspecified atom stereocenters. The average molecular weight is 287 g/mol. The van der Waals surface area contributed by atoms with Crippen LogP contribution in [-0.4, -0.2) is 29.7 Å². The minimum Gasteiger partial charge on any atom is -0.490 e. The minimum atomic E-state index is 0.625. The molecule has 112 valence electrons. The third-order valence-corrected chi connectivity index (χ3v) is 2.87. The number of nitrogens with one attached hydrogen (secondary N) is 1. The van der Waals surface area contributed by atoms with Crippen molar-refractivity contribution in [3.05, 3.63) is 42.2 Å². The predicted octanol–water partition coefficient (Wildman–Crippen LogP) is 2.93. The number of hydrogen-bond acceptors (Lipinski definition) is 5. The second kappa shape index (κ2) is 8.09. The van der Waals surface area contributed by atoms with Crippen molar-refractivity contribution < 1.29 is 9.47 Å². The van der Waals surface area contributed by atoms with E-state index in [2.05, 4.69) is 21.4 Å². The molecule has 0 fully saturated rings. The Morgan fingerprint density at radius 3 is 2.43 bits per heavy atom. The molecular weight excluding hydrogens is 266 g/mol. The maximum absolute atomic E-state index is 5.62. The second-order valence-electron chi connectivity index (χ2n) is 4.40. The topological polar surface area (TPSA) is 56.3 Å². The molecule has 5 nitrogen and oxygen atoms in total. The summed E-state index contributed by atoms with van der Waals surface area (Å²) in [5, 5.41) is 3.19. The molecule has 1 aromatic carbocycles. The lowest BCUT2D eigenvalue weighted by Crippen LogP contribution is -2.08. The molecule has 0 saturated heterocycles. The van der Waals surface area contributed by atoms with E-state index in [4.69, 9.17) is 9.47 Å². The summed E-state index contributed by atoms with van der Waals surface area (Å²) in [7, 11) is 0. The molecule has 0 aliphatic heterocycles. The molecule has 0 amide bonds. The average Bonchev–Trinajstić information content (AvgIpc) is 2.51. The first kappa shape index (κ1) is 15.1. The van der Waals surface area contributed by atoms with Crippen molar-refractivity contribution >= 4 is 5.95 Å². The summed E-state index contributed by atoms with van der Waals surface area (Å²) < 4.78 is 11.2. The molecule has 0 saturated carbocycles. The van der Waals surface area contributed by atoms with Crippen molar-refractivity contribution in [1.29, 1.82) is 0 Å². The molecule has 0 bridgehead atoms. The van der Waals surface area contributed by atoms with Gasteiger partial charge >= 0.3 is 0 Å². The van der Waals surface area contributed by atoms with Crippen LogP contribution < -0.4 is 14.8 Å². The van der Waals surface area contributed by atoms with Crippen molar-refractivity contribution in [1.82, 2.24) is 9.97 Å². The molecule has 0 atom stereocenters. The highest BCUT2D eigenvalue weighted by molar-refractivity contribution is 5.43. The van der Waals surface area contributed by atoms with Crippen molar-refractivity contribution in [3.63, 3.8) is 0 Å². The van der Waals surface area contributed by atoms with E-state index in [9.17, 15) is 0 Å². The summed E-state index contributed by atoms with van der Waals surface area (Å²) in [6, 6.07) is 7.85. The summed E-state index contributed by atoms with van der Waals surface area (Å²) in [6.07, 6.45) is 4.31. The number of rotatable bonds is 8. The Bertz CT molecular complexity index is 546. The summed E-state index contributed by atoms with van der Waals surface area (Å²) >= 11 is 0. The van der Waals surface area contributed by atoms with Gasteiger partial charge in [-0.2, -0.15) is 0 Å². The summed E-state index contributed by atoms with van der Waals surface area (Å²) in [6.45, 7) is 5.96. The SMILES string of the molecule is CCOc1ccc(CCNc2ncccn2)cc1OCC. The fraction of sp³-hybridized carbons (Fsp3) is 0.375. The first-order valence-corrected chi connectivity index (χ1v) is 7.23. The van der Waals surface area contributed by atoms with Gasteiger partial charge in [0.2, 0.25) is 5.95 Å². The zero-order valence-corrected chi connectivity index (χ0v) is 12.5. The van der Waals surface area contributed by atoms with Gasteiger partial charge in [-0.05, 0) is 44.0 Å². The largest absolute Gasteiger partial charge is 0.490 e. The van der Waals surface area contributed by atoms with Crippen LogP contribution in [0.1, 0.15) is 19.4 Å². The molecule has 2 aromatic rings. The van der Waals surface area contributed by atoms with Crippen LogP contribution in [0, 0.1) is 0 Å². The Labute approximate surface area is 125 Å². The van der Waals surface area contributed by atoms with Crippen LogP contribution in [0.2, 0.25) is 0 Å². The summed E-state index contributed by atoms with van der Waals surface area (Å²) in [4.78, 5) is 8.26. The number of nitrogens with zero attached hydrogens (tertiary/aromatic N) is 2. The van der Waals surface area contributed by atoms with E-state index in [1.165, 1.54) is 5.56 Å². The first-order valence-electron chi connectivity index (χ1n) is 7.23. The van der Waals surface area contributed by atoms with E-state index in [0.717, 1.165) is 24.5 Å². The van der Waals surface area contributed by atoms with E-state index in [1.807, 2.05) is 26.0 Å². The highest BCUT2D eigenvalue weighted by Gasteiger charge is 2.06. The maximum atomic E-state index is 5.62. The third-order valence-electron chi connectivity index (χ3n) is 2.87. The van der Waals surface area contributed by atoms with Crippen LogP contribution in [0.25, 0.3) is 0 Å². The van der Waals surface area contributed by atoms with Crippen LogP contribution in [0.5, 0.6) is 11.5 Å². The molecule has 0 aliphatic carbocycles. The smallest absolute Gasteiger partial charge is 0.222 e. The second-order valence-corrected chi connectivity index (χ2v) is 4.40. The molecule has 0 spiro atoms. The number of benzene rings is 1. The van der Waals surface area contributed by atoms with Crippen molar-refractivity contribution in [3.8, 4) is 11.5 Å². The van der Waals surface area contributed by atoms with Gasteiger partial charge in [0.1, 0.15) is 0 Å². The van der Waals surface area contributed by atoms with Crippen LogP contribution in [0.4, 0.5) is 5.95 Å². The fourth-order valence-electron chi connectivity index (χ4n) is 1.96.